The first-order valence-corrected chi connectivity index (χ1v) is 7.19. The van der Waals surface area contributed by atoms with Crippen molar-refractivity contribution in [1.29, 1.82) is 0 Å². The maximum atomic E-state index is 13.2. The van der Waals surface area contributed by atoms with Crippen LogP contribution in [0.1, 0.15) is 22.6 Å². The number of hydrogen-bond acceptors (Lipinski definition) is 3. The van der Waals surface area contributed by atoms with Crippen molar-refractivity contribution < 1.29 is 23.1 Å². The Labute approximate surface area is 130 Å². The lowest BCUT2D eigenvalue weighted by atomic mass is 9.87. The summed E-state index contributed by atoms with van der Waals surface area (Å²) in [5.41, 5.74) is -0.671. The molecule has 1 N–H and O–H groups in total. The number of aliphatic hydroxyl groups excluding tert-OH is 1. The number of aromatic nitrogens is 2. The zero-order valence-corrected chi connectivity index (χ0v) is 12.5. The molecule has 1 aliphatic heterocycles. The van der Waals surface area contributed by atoms with Gasteiger partial charge in [0.1, 0.15) is 16.8 Å². The summed E-state index contributed by atoms with van der Waals surface area (Å²) in [5, 5.41) is 9.22. The van der Waals surface area contributed by atoms with Crippen LogP contribution < -0.4 is 0 Å². The first-order valence-electron chi connectivity index (χ1n) is 7.19. The lowest BCUT2D eigenvalue weighted by Crippen LogP contribution is -2.44. The zero-order valence-electron chi connectivity index (χ0n) is 12.5. The minimum absolute atomic E-state index is 0.0436. The number of aryl methyl sites for hydroxylation is 1. The van der Waals surface area contributed by atoms with Crippen molar-refractivity contribution in [2.75, 3.05) is 19.7 Å². The van der Waals surface area contributed by atoms with Gasteiger partial charge in [0, 0.05) is 18.8 Å². The van der Waals surface area contributed by atoms with E-state index >= 15 is 0 Å². The molecule has 0 aromatic carbocycles. The molecule has 0 saturated carbocycles. The van der Waals surface area contributed by atoms with Gasteiger partial charge in [-0.05, 0) is 25.5 Å². The third-order valence-corrected chi connectivity index (χ3v) is 4.49. The summed E-state index contributed by atoms with van der Waals surface area (Å²) in [5.74, 6) is -0.508. The number of carbonyl (C=O) groups is 1. The van der Waals surface area contributed by atoms with Crippen LogP contribution in [0.4, 0.5) is 13.2 Å². The number of alkyl halides is 3. The van der Waals surface area contributed by atoms with Gasteiger partial charge < -0.3 is 10.0 Å². The second kappa shape index (κ2) is 5.23. The molecule has 3 rings (SSSR count). The summed E-state index contributed by atoms with van der Waals surface area (Å²) in [6, 6.07) is 5.31. The molecule has 124 valence electrons. The van der Waals surface area contributed by atoms with Crippen LogP contribution in [0.15, 0.2) is 24.4 Å². The molecule has 1 saturated heterocycles. The number of fused-ring (bicyclic) bond motifs is 1. The predicted octanol–water partition coefficient (Wildman–Crippen LogP) is 2.03. The van der Waals surface area contributed by atoms with Crippen molar-refractivity contribution in [3.8, 4) is 0 Å². The fourth-order valence-corrected chi connectivity index (χ4v) is 3.01. The first-order chi connectivity index (χ1) is 10.8. The number of carbonyl (C=O) groups excluding carboxylic acids is 1. The molecule has 0 radical (unpaired) electrons. The van der Waals surface area contributed by atoms with Crippen LogP contribution in [-0.4, -0.2) is 51.2 Å². The highest BCUT2D eigenvalue weighted by Crippen LogP contribution is 2.45. The van der Waals surface area contributed by atoms with E-state index in [1.165, 1.54) is 6.20 Å². The normalized spacial score (nSPS) is 22.0. The van der Waals surface area contributed by atoms with Crippen LogP contribution in [0, 0.1) is 12.3 Å². The number of likely N-dealkylation sites (tertiary alicyclic amines) is 1. The lowest BCUT2D eigenvalue weighted by molar-refractivity contribution is -0.229. The molecule has 3 heterocycles. The fourth-order valence-electron chi connectivity index (χ4n) is 3.01. The van der Waals surface area contributed by atoms with Gasteiger partial charge in [0.05, 0.1) is 12.8 Å². The Morgan fingerprint density at radius 2 is 2.17 bits per heavy atom. The molecule has 1 fully saturated rings. The SMILES string of the molecule is Cc1cccc2ncc(C(=O)N3CCC(CO)(C(F)(F)F)C3)n12. The van der Waals surface area contributed by atoms with Crippen LogP contribution in [0.2, 0.25) is 0 Å². The highest BCUT2D eigenvalue weighted by atomic mass is 19.4. The first kappa shape index (κ1) is 15.8. The van der Waals surface area contributed by atoms with Gasteiger partial charge in [0.25, 0.3) is 5.91 Å². The monoisotopic (exact) mass is 327 g/mol. The predicted molar refractivity (Wildman–Crippen MR) is 76.0 cm³/mol. The van der Waals surface area contributed by atoms with E-state index in [0.29, 0.717) is 5.65 Å². The highest BCUT2D eigenvalue weighted by molar-refractivity contribution is 5.93. The third-order valence-electron chi connectivity index (χ3n) is 4.49. The zero-order chi connectivity index (χ0) is 16.8. The van der Waals surface area contributed by atoms with E-state index in [1.807, 2.05) is 0 Å². The Kier molecular flexibility index (Phi) is 3.59. The summed E-state index contributed by atoms with van der Waals surface area (Å²) in [6.07, 6.45) is -3.47. The molecule has 8 heteroatoms. The van der Waals surface area contributed by atoms with Gasteiger partial charge in [-0.25, -0.2) is 4.98 Å². The number of halogens is 3. The number of rotatable bonds is 2. The molecule has 1 unspecified atom stereocenters. The van der Waals surface area contributed by atoms with Crippen LogP contribution in [-0.2, 0) is 0 Å². The molecule has 0 bridgehead atoms. The molecule has 2 aromatic rings. The second-order valence-electron chi connectivity index (χ2n) is 5.92. The van der Waals surface area contributed by atoms with Crippen molar-refractivity contribution >= 4 is 11.6 Å². The molecule has 2 aromatic heterocycles. The van der Waals surface area contributed by atoms with Crippen LogP contribution in [0.3, 0.4) is 0 Å². The summed E-state index contributed by atoms with van der Waals surface area (Å²) in [4.78, 5) is 17.9. The van der Waals surface area contributed by atoms with Gasteiger partial charge in [0.2, 0.25) is 0 Å². The molecule has 1 atom stereocenters. The molecule has 0 aliphatic carbocycles. The van der Waals surface area contributed by atoms with Gasteiger partial charge >= 0.3 is 6.18 Å². The summed E-state index contributed by atoms with van der Waals surface area (Å²) in [7, 11) is 0. The summed E-state index contributed by atoms with van der Waals surface area (Å²) < 4.78 is 41.2. The van der Waals surface area contributed by atoms with Gasteiger partial charge in [-0.15, -0.1) is 0 Å². The van der Waals surface area contributed by atoms with Gasteiger partial charge in [-0.2, -0.15) is 13.2 Å². The Bertz CT molecular complexity index is 756. The topological polar surface area (TPSA) is 57.8 Å². The van der Waals surface area contributed by atoms with Gasteiger partial charge in [-0.1, -0.05) is 6.07 Å². The van der Waals surface area contributed by atoms with Gasteiger partial charge in [-0.3, -0.25) is 9.20 Å². The van der Waals surface area contributed by atoms with E-state index in [0.717, 1.165) is 10.6 Å². The van der Waals surface area contributed by atoms with Crippen molar-refractivity contribution in [2.24, 2.45) is 5.41 Å². The fraction of sp³-hybridized carbons (Fsp3) is 0.467. The molecule has 5 nitrogen and oxygen atoms in total. The Morgan fingerprint density at radius 1 is 1.43 bits per heavy atom. The van der Waals surface area contributed by atoms with E-state index in [9.17, 15) is 23.1 Å². The summed E-state index contributed by atoms with van der Waals surface area (Å²) >= 11 is 0. The Hall–Kier alpha value is -2.09. The van der Waals surface area contributed by atoms with Crippen molar-refractivity contribution in [3.05, 3.63) is 35.8 Å². The van der Waals surface area contributed by atoms with E-state index in [-0.39, 0.29) is 18.7 Å². The van der Waals surface area contributed by atoms with E-state index in [1.54, 1.807) is 29.5 Å². The average molecular weight is 327 g/mol. The number of aliphatic hydroxyl groups is 1. The molecular weight excluding hydrogens is 311 g/mol. The average Bonchev–Trinajstić information content (AvgIpc) is 3.11. The highest BCUT2D eigenvalue weighted by Gasteiger charge is 2.58. The number of imidazole rings is 1. The number of nitrogens with zero attached hydrogens (tertiary/aromatic N) is 3. The molecule has 23 heavy (non-hydrogen) atoms. The van der Waals surface area contributed by atoms with E-state index < -0.39 is 30.7 Å². The smallest absolute Gasteiger partial charge is 0.395 e. The Morgan fingerprint density at radius 3 is 2.78 bits per heavy atom. The van der Waals surface area contributed by atoms with Gasteiger partial charge in [0.15, 0.2) is 0 Å². The second-order valence-corrected chi connectivity index (χ2v) is 5.92. The third kappa shape index (κ3) is 2.37. The van der Waals surface area contributed by atoms with E-state index in [2.05, 4.69) is 4.98 Å². The maximum Gasteiger partial charge on any atom is 0.398 e. The van der Waals surface area contributed by atoms with Crippen LogP contribution in [0.5, 0.6) is 0 Å². The van der Waals surface area contributed by atoms with Crippen LogP contribution in [0.25, 0.3) is 5.65 Å². The maximum absolute atomic E-state index is 13.2. The van der Waals surface area contributed by atoms with Crippen molar-refractivity contribution in [1.82, 2.24) is 14.3 Å². The summed E-state index contributed by atoms with van der Waals surface area (Å²) in [6.45, 7) is 0.193. The lowest BCUT2D eigenvalue weighted by Gasteiger charge is -2.29. The molecular formula is C15H16F3N3O2. The molecule has 1 amide bonds. The van der Waals surface area contributed by atoms with Crippen molar-refractivity contribution in [2.45, 2.75) is 19.5 Å². The standard InChI is InChI=1S/C15H16F3N3O2/c1-10-3-2-4-12-19-7-11(21(10)12)13(23)20-6-5-14(8-20,9-22)15(16,17)18/h2-4,7,22H,5-6,8-9H2,1H3. The Balaban J connectivity index is 1.93. The minimum Gasteiger partial charge on any atom is -0.395 e. The number of pyridine rings is 1. The minimum atomic E-state index is -4.55. The molecule has 0 spiro atoms. The van der Waals surface area contributed by atoms with E-state index in [4.69, 9.17) is 0 Å². The van der Waals surface area contributed by atoms with Crippen LogP contribution >= 0.6 is 0 Å². The number of hydrogen-bond donors (Lipinski definition) is 1. The van der Waals surface area contributed by atoms with Crippen molar-refractivity contribution in [3.63, 3.8) is 0 Å². The number of amides is 1. The quantitative estimate of drug-likeness (QED) is 0.918. The molecule has 1 aliphatic rings. The largest absolute Gasteiger partial charge is 0.398 e.